The Bertz CT molecular complexity index is 729. The number of nitrogens with zero attached hydrogens (tertiary/aromatic N) is 5. The van der Waals surface area contributed by atoms with E-state index in [0.717, 1.165) is 37.1 Å². The molecule has 0 aliphatic heterocycles. The van der Waals surface area contributed by atoms with Gasteiger partial charge in [-0.2, -0.15) is 10.1 Å². The highest BCUT2D eigenvalue weighted by Crippen LogP contribution is 2.33. The van der Waals surface area contributed by atoms with Crippen LogP contribution in [0.3, 0.4) is 0 Å². The molecule has 0 bridgehead atoms. The maximum atomic E-state index is 12.6. The highest BCUT2D eigenvalue weighted by Gasteiger charge is 2.33. The first kappa shape index (κ1) is 16.1. The van der Waals surface area contributed by atoms with Crippen LogP contribution in [0.1, 0.15) is 61.7 Å². The summed E-state index contributed by atoms with van der Waals surface area (Å²) in [6, 6.07) is 0.234. The molecule has 0 radical (unpaired) electrons. The SMILES string of the molecule is Cn1cc(CN(C(=O)NCc2noc(C3CCCC3)n2)C2CC2)cn1. The highest BCUT2D eigenvalue weighted by molar-refractivity contribution is 5.74. The second-order valence-corrected chi connectivity index (χ2v) is 7.07. The van der Waals surface area contributed by atoms with Crippen molar-refractivity contribution in [2.75, 3.05) is 0 Å². The third-order valence-electron chi connectivity index (χ3n) is 4.95. The van der Waals surface area contributed by atoms with Crippen LogP contribution in [-0.4, -0.2) is 36.9 Å². The molecule has 0 unspecified atom stereocenters. The van der Waals surface area contributed by atoms with E-state index in [1.165, 1.54) is 12.8 Å². The molecule has 2 saturated carbocycles. The van der Waals surface area contributed by atoms with Gasteiger partial charge in [-0.15, -0.1) is 0 Å². The first-order valence-corrected chi connectivity index (χ1v) is 9.03. The molecule has 4 rings (SSSR count). The maximum Gasteiger partial charge on any atom is 0.318 e. The fourth-order valence-electron chi connectivity index (χ4n) is 3.44. The normalized spacial score (nSPS) is 17.8. The number of carbonyl (C=O) groups excluding carboxylic acids is 1. The monoisotopic (exact) mass is 344 g/mol. The van der Waals surface area contributed by atoms with Crippen molar-refractivity contribution in [3.05, 3.63) is 29.7 Å². The number of nitrogens with one attached hydrogen (secondary N) is 1. The lowest BCUT2D eigenvalue weighted by Crippen LogP contribution is -2.40. The molecule has 2 aromatic rings. The summed E-state index contributed by atoms with van der Waals surface area (Å²) in [5, 5.41) is 11.1. The van der Waals surface area contributed by atoms with E-state index >= 15 is 0 Å². The second kappa shape index (κ2) is 6.85. The van der Waals surface area contributed by atoms with Gasteiger partial charge < -0.3 is 14.7 Å². The number of amides is 2. The minimum absolute atomic E-state index is 0.0847. The van der Waals surface area contributed by atoms with Crippen molar-refractivity contribution in [2.24, 2.45) is 7.05 Å². The van der Waals surface area contributed by atoms with Crippen LogP contribution >= 0.6 is 0 Å². The average Bonchev–Trinajstić information content (AvgIpc) is 3.02. The minimum Gasteiger partial charge on any atom is -0.339 e. The Morgan fingerprint density at radius 2 is 2.16 bits per heavy atom. The summed E-state index contributed by atoms with van der Waals surface area (Å²) in [6.45, 7) is 0.870. The fourth-order valence-corrected chi connectivity index (χ4v) is 3.44. The zero-order valence-electron chi connectivity index (χ0n) is 14.5. The van der Waals surface area contributed by atoms with E-state index in [4.69, 9.17) is 4.52 Å². The molecule has 2 heterocycles. The molecule has 0 aromatic carbocycles. The lowest BCUT2D eigenvalue weighted by atomic mass is 10.1. The quantitative estimate of drug-likeness (QED) is 0.869. The number of urea groups is 1. The van der Waals surface area contributed by atoms with Gasteiger partial charge in [0.25, 0.3) is 0 Å². The van der Waals surface area contributed by atoms with Crippen LogP contribution < -0.4 is 5.32 Å². The molecule has 0 saturated heterocycles. The van der Waals surface area contributed by atoms with Crippen LogP contribution in [0.4, 0.5) is 4.79 Å². The molecule has 2 aliphatic carbocycles. The predicted octanol–water partition coefficient (Wildman–Crippen LogP) is 2.33. The Balaban J connectivity index is 1.33. The van der Waals surface area contributed by atoms with Crippen LogP contribution in [0.5, 0.6) is 0 Å². The largest absolute Gasteiger partial charge is 0.339 e. The van der Waals surface area contributed by atoms with Gasteiger partial charge in [-0.1, -0.05) is 18.0 Å². The van der Waals surface area contributed by atoms with Gasteiger partial charge in [0.1, 0.15) is 0 Å². The number of hydrogen-bond acceptors (Lipinski definition) is 5. The molecule has 2 aromatic heterocycles. The third kappa shape index (κ3) is 3.83. The summed E-state index contributed by atoms with van der Waals surface area (Å²) in [5.74, 6) is 1.66. The van der Waals surface area contributed by atoms with E-state index in [-0.39, 0.29) is 6.03 Å². The van der Waals surface area contributed by atoms with Crippen LogP contribution in [0.15, 0.2) is 16.9 Å². The second-order valence-electron chi connectivity index (χ2n) is 7.07. The zero-order chi connectivity index (χ0) is 17.2. The van der Waals surface area contributed by atoms with Gasteiger partial charge in [0, 0.05) is 30.8 Å². The topological polar surface area (TPSA) is 89.1 Å². The van der Waals surface area contributed by atoms with Crippen molar-refractivity contribution in [3.8, 4) is 0 Å². The molecule has 0 atom stereocenters. The Hall–Kier alpha value is -2.38. The molecule has 8 nitrogen and oxygen atoms in total. The average molecular weight is 344 g/mol. The smallest absolute Gasteiger partial charge is 0.318 e. The standard InChI is InChI=1S/C17H24N6O2/c1-22-10-12(8-19-22)11-23(14-6-7-14)17(24)18-9-15-20-16(25-21-15)13-4-2-3-5-13/h8,10,13-14H,2-7,9,11H2,1H3,(H,18,24). The molecule has 134 valence electrons. The van der Waals surface area contributed by atoms with Gasteiger partial charge in [-0.3, -0.25) is 4.68 Å². The predicted molar refractivity (Wildman–Crippen MR) is 89.5 cm³/mol. The van der Waals surface area contributed by atoms with Gasteiger partial charge in [0.2, 0.25) is 5.89 Å². The molecule has 2 aliphatic rings. The Morgan fingerprint density at radius 3 is 2.84 bits per heavy atom. The fraction of sp³-hybridized carbons (Fsp3) is 0.647. The van der Waals surface area contributed by atoms with E-state index in [9.17, 15) is 4.79 Å². The molecular formula is C17H24N6O2. The summed E-state index contributed by atoms with van der Waals surface area (Å²) in [5.41, 5.74) is 1.03. The van der Waals surface area contributed by atoms with Gasteiger partial charge in [-0.05, 0) is 25.7 Å². The van der Waals surface area contributed by atoms with Gasteiger partial charge >= 0.3 is 6.03 Å². The Morgan fingerprint density at radius 1 is 1.36 bits per heavy atom. The van der Waals surface area contributed by atoms with Gasteiger partial charge in [0.05, 0.1) is 19.3 Å². The Kier molecular flexibility index (Phi) is 4.42. The van der Waals surface area contributed by atoms with Crippen molar-refractivity contribution in [1.82, 2.24) is 30.1 Å². The van der Waals surface area contributed by atoms with Crippen LogP contribution in [0, 0.1) is 0 Å². The Labute approximate surface area is 146 Å². The number of rotatable bonds is 6. The molecule has 2 fully saturated rings. The van der Waals surface area contributed by atoms with Crippen LogP contribution in [0.25, 0.3) is 0 Å². The van der Waals surface area contributed by atoms with E-state index in [0.29, 0.717) is 30.9 Å². The van der Waals surface area contributed by atoms with Crippen molar-refractivity contribution in [3.63, 3.8) is 0 Å². The third-order valence-corrected chi connectivity index (χ3v) is 4.95. The summed E-state index contributed by atoms with van der Waals surface area (Å²) < 4.78 is 7.11. The number of hydrogen-bond donors (Lipinski definition) is 1. The number of aryl methyl sites for hydroxylation is 1. The molecule has 25 heavy (non-hydrogen) atoms. The first-order valence-electron chi connectivity index (χ1n) is 9.03. The molecule has 1 N–H and O–H groups in total. The van der Waals surface area contributed by atoms with Crippen LogP contribution in [-0.2, 0) is 20.1 Å². The summed E-state index contributed by atoms with van der Waals surface area (Å²) in [6.07, 6.45) is 10.5. The molecule has 8 heteroatoms. The minimum atomic E-state index is -0.0847. The number of aromatic nitrogens is 4. The van der Waals surface area contributed by atoms with Gasteiger partial charge in [-0.25, -0.2) is 4.79 Å². The van der Waals surface area contributed by atoms with E-state index in [1.807, 2.05) is 18.1 Å². The van der Waals surface area contributed by atoms with E-state index in [2.05, 4.69) is 20.6 Å². The maximum absolute atomic E-state index is 12.6. The van der Waals surface area contributed by atoms with E-state index < -0.39 is 0 Å². The van der Waals surface area contributed by atoms with Crippen LogP contribution in [0.2, 0.25) is 0 Å². The highest BCUT2D eigenvalue weighted by atomic mass is 16.5. The lowest BCUT2D eigenvalue weighted by molar-refractivity contribution is 0.191. The molecule has 0 spiro atoms. The first-order chi connectivity index (χ1) is 12.2. The van der Waals surface area contributed by atoms with Gasteiger partial charge in [0.15, 0.2) is 5.82 Å². The van der Waals surface area contributed by atoms with E-state index in [1.54, 1.807) is 10.9 Å². The van der Waals surface area contributed by atoms with Crippen molar-refractivity contribution in [1.29, 1.82) is 0 Å². The zero-order valence-corrected chi connectivity index (χ0v) is 14.5. The number of carbonyl (C=O) groups is 1. The lowest BCUT2D eigenvalue weighted by Gasteiger charge is -2.21. The van der Waals surface area contributed by atoms with Crippen molar-refractivity contribution >= 4 is 6.03 Å². The van der Waals surface area contributed by atoms with Crippen molar-refractivity contribution < 1.29 is 9.32 Å². The molecular weight excluding hydrogens is 320 g/mol. The summed E-state index contributed by atoms with van der Waals surface area (Å²) in [4.78, 5) is 18.9. The molecule has 2 amide bonds. The summed E-state index contributed by atoms with van der Waals surface area (Å²) >= 11 is 0. The van der Waals surface area contributed by atoms with Crippen molar-refractivity contribution in [2.45, 2.75) is 63.6 Å². The summed E-state index contributed by atoms with van der Waals surface area (Å²) in [7, 11) is 1.88.